The number of nitrogens with one attached hydrogen (secondary N) is 1. The second-order valence-electron chi connectivity index (χ2n) is 5.43. The van der Waals surface area contributed by atoms with Gasteiger partial charge in [0.15, 0.2) is 11.5 Å². The summed E-state index contributed by atoms with van der Waals surface area (Å²) in [5.41, 5.74) is 1.40. The fourth-order valence-electron chi connectivity index (χ4n) is 2.19. The lowest BCUT2D eigenvalue weighted by Gasteiger charge is -2.18. The molecule has 4 nitrogen and oxygen atoms in total. The average molecular weight is 291 g/mol. The fourth-order valence-corrected chi connectivity index (χ4v) is 2.19. The van der Waals surface area contributed by atoms with Crippen molar-refractivity contribution in [2.45, 2.75) is 45.4 Å². The summed E-state index contributed by atoms with van der Waals surface area (Å²) in [5, 5.41) is 21.9. The van der Waals surface area contributed by atoms with E-state index in [1.807, 2.05) is 0 Å². The van der Waals surface area contributed by atoms with Gasteiger partial charge in [-0.05, 0) is 31.0 Å². The number of carbonyl (C=O) groups is 1. The summed E-state index contributed by atoms with van der Waals surface area (Å²) in [4.78, 5) is 11.6. The molecule has 0 aromatic heterocycles. The zero-order chi connectivity index (χ0) is 15.8. The number of rotatable bonds is 8. The van der Waals surface area contributed by atoms with Gasteiger partial charge in [0, 0.05) is 18.0 Å². The van der Waals surface area contributed by atoms with Crippen molar-refractivity contribution in [3.05, 3.63) is 35.9 Å². The van der Waals surface area contributed by atoms with E-state index in [2.05, 4.69) is 18.8 Å². The topological polar surface area (TPSA) is 69.6 Å². The molecular formula is C17H25NO3. The van der Waals surface area contributed by atoms with Gasteiger partial charge in [0.2, 0.25) is 5.91 Å². The second-order valence-corrected chi connectivity index (χ2v) is 5.43. The molecule has 1 amide bonds. The predicted octanol–water partition coefficient (Wildman–Crippen LogP) is 3.45. The van der Waals surface area contributed by atoms with Crippen molar-refractivity contribution in [1.29, 1.82) is 0 Å². The van der Waals surface area contributed by atoms with Gasteiger partial charge in [-0.25, -0.2) is 0 Å². The number of phenolic OH excluding ortho intramolecular Hbond substituents is 2. The molecule has 0 aliphatic rings. The molecule has 0 spiro atoms. The molecule has 1 rings (SSSR count). The number of aromatic hydroxyl groups is 2. The molecule has 0 saturated carbocycles. The first-order chi connectivity index (χ1) is 9.95. The van der Waals surface area contributed by atoms with Crippen molar-refractivity contribution in [1.82, 2.24) is 5.32 Å². The summed E-state index contributed by atoms with van der Waals surface area (Å²) >= 11 is 0. The van der Waals surface area contributed by atoms with Crippen LogP contribution >= 0.6 is 0 Å². The Bertz CT molecular complexity index is 497. The van der Waals surface area contributed by atoms with Crippen molar-refractivity contribution >= 4 is 5.91 Å². The largest absolute Gasteiger partial charge is 0.504 e. The van der Waals surface area contributed by atoms with Crippen LogP contribution in [0, 0.1) is 0 Å². The number of hydrogen-bond acceptors (Lipinski definition) is 3. The smallest absolute Gasteiger partial charge is 0.246 e. The molecule has 0 radical (unpaired) electrons. The Kier molecular flexibility index (Phi) is 6.79. The third-order valence-corrected chi connectivity index (χ3v) is 3.52. The summed E-state index contributed by atoms with van der Waals surface area (Å²) in [7, 11) is 0. The molecule has 21 heavy (non-hydrogen) atoms. The van der Waals surface area contributed by atoms with E-state index in [0.717, 1.165) is 31.2 Å². The molecule has 0 aliphatic carbocycles. The maximum atomic E-state index is 11.6. The number of hydrogen-bond donors (Lipinski definition) is 3. The zero-order valence-corrected chi connectivity index (χ0v) is 12.9. The Labute approximate surface area is 126 Å². The first kappa shape index (κ1) is 17.1. The van der Waals surface area contributed by atoms with E-state index in [9.17, 15) is 15.0 Å². The molecule has 0 aliphatic heterocycles. The minimum absolute atomic E-state index is 0.117. The molecule has 1 aromatic carbocycles. The van der Waals surface area contributed by atoms with Crippen molar-refractivity contribution in [3.63, 3.8) is 0 Å². The number of unbranched alkanes of at least 4 members (excludes halogenated alkanes) is 2. The second kappa shape index (κ2) is 8.35. The van der Waals surface area contributed by atoms with Crippen molar-refractivity contribution in [2.75, 3.05) is 6.54 Å². The highest BCUT2D eigenvalue weighted by atomic mass is 16.3. The van der Waals surface area contributed by atoms with Gasteiger partial charge in [-0.3, -0.25) is 4.79 Å². The van der Waals surface area contributed by atoms with Crippen LogP contribution < -0.4 is 5.32 Å². The van der Waals surface area contributed by atoms with Crippen LogP contribution in [0.5, 0.6) is 11.5 Å². The fraction of sp³-hybridized carbons (Fsp3) is 0.471. The summed E-state index contributed by atoms with van der Waals surface area (Å²) < 4.78 is 0. The highest BCUT2D eigenvalue weighted by Gasteiger charge is 2.15. The molecule has 0 fully saturated rings. The maximum Gasteiger partial charge on any atom is 0.246 e. The van der Waals surface area contributed by atoms with E-state index in [4.69, 9.17) is 0 Å². The molecule has 0 heterocycles. The Morgan fingerprint density at radius 3 is 2.57 bits per heavy atom. The lowest BCUT2D eigenvalue weighted by molar-refractivity contribution is -0.117. The lowest BCUT2D eigenvalue weighted by Crippen LogP contribution is -2.28. The molecule has 1 aromatic rings. The summed E-state index contributed by atoms with van der Waals surface area (Å²) in [5.74, 6) is -0.291. The van der Waals surface area contributed by atoms with E-state index >= 15 is 0 Å². The first-order valence-electron chi connectivity index (χ1n) is 7.41. The lowest BCUT2D eigenvalue weighted by atomic mass is 9.92. The minimum atomic E-state index is -0.154. The molecule has 3 N–H and O–H groups in total. The molecule has 0 bridgehead atoms. The van der Waals surface area contributed by atoms with Gasteiger partial charge in [-0.2, -0.15) is 0 Å². The quantitative estimate of drug-likeness (QED) is 0.390. The van der Waals surface area contributed by atoms with Crippen LogP contribution in [0.1, 0.15) is 51.0 Å². The third kappa shape index (κ3) is 5.50. The number of amides is 1. The molecule has 4 heteroatoms. The van der Waals surface area contributed by atoms with Crippen LogP contribution in [-0.2, 0) is 4.79 Å². The summed E-state index contributed by atoms with van der Waals surface area (Å²) in [6, 6.07) is 4.84. The highest BCUT2D eigenvalue weighted by molar-refractivity contribution is 5.92. The predicted molar refractivity (Wildman–Crippen MR) is 84.5 cm³/mol. The van der Waals surface area contributed by atoms with E-state index in [-0.39, 0.29) is 23.3 Å². The van der Waals surface area contributed by atoms with Crippen LogP contribution in [0.4, 0.5) is 0 Å². The summed E-state index contributed by atoms with van der Waals surface area (Å²) in [6.07, 6.45) is 4.25. The molecule has 116 valence electrons. The molecule has 0 saturated heterocycles. The van der Waals surface area contributed by atoms with E-state index < -0.39 is 0 Å². The first-order valence-corrected chi connectivity index (χ1v) is 7.41. The number of benzene rings is 1. The molecular weight excluding hydrogens is 266 g/mol. The van der Waals surface area contributed by atoms with Gasteiger partial charge >= 0.3 is 0 Å². The Hall–Kier alpha value is -1.97. The van der Waals surface area contributed by atoms with Gasteiger partial charge in [-0.15, -0.1) is 0 Å². The van der Waals surface area contributed by atoms with Crippen LogP contribution in [-0.4, -0.2) is 22.7 Å². The Morgan fingerprint density at radius 1 is 1.29 bits per heavy atom. The highest BCUT2D eigenvalue weighted by Crippen LogP contribution is 2.30. The zero-order valence-electron chi connectivity index (χ0n) is 12.9. The van der Waals surface area contributed by atoms with Gasteiger partial charge in [-0.1, -0.05) is 38.8 Å². The molecule has 1 unspecified atom stereocenters. The third-order valence-electron chi connectivity index (χ3n) is 3.52. The summed E-state index contributed by atoms with van der Waals surface area (Å²) in [6.45, 7) is 7.94. The van der Waals surface area contributed by atoms with Crippen molar-refractivity contribution in [2.24, 2.45) is 0 Å². The van der Waals surface area contributed by atoms with Crippen LogP contribution in [0.15, 0.2) is 30.4 Å². The molecule has 1 atom stereocenters. The van der Waals surface area contributed by atoms with Crippen LogP contribution in [0.2, 0.25) is 0 Å². The standard InChI is InChI=1S/C17H25NO3/c1-4-5-6-7-14(11-18-17(21)12(2)3)13-8-9-15(19)16(20)10-13/h8-10,14,19-20H,2,4-7,11H2,1,3H3,(H,18,21). The normalized spacial score (nSPS) is 11.9. The minimum Gasteiger partial charge on any atom is -0.504 e. The van der Waals surface area contributed by atoms with Gasteiger partial charge in [0.1, 0.15) is 0 Å². The maximum absolute atomic E-state index is 11.6. The Balaban J connectivity index is 2.77. The van der Waals surface area contributed by atoms with Crippen LogP contribution in [0.3, 0.4) is 0 Å². The SMILES string of the molecule is C=C(C)C(=O)NCC(CCCCC)c1ccc(O)c(O)c1. The monoisotopic (exact) mass is 291 g/mol. The van der Waals surface area contributed by atoms with Crippen molar-refractivity contribution < 1.29 is 15.0 Å². The van der Waals surface area contributed by atoms with Gasteiger partial charge in [0.25, 0.3) is 0 Å². The van der Waals surface area contributed by atoms with Crippen LogP contribution in [0.25, 0.3) is 0 Å². The average Bonchev–Trinajstić information content (AvgIpc) is 2.45. The Morgan fingerprint density at radius 2 is 2.00 bits per heavy atom. The number of carbonyl (C=O) groups excluding carboxylic acids is 1. The van der Waals surface area contributed by atoms with E-state index in [1.54, 1.807) is 19.1 Å². The van der Waals surface area contributed by atoms with Crippen molar-refractivity contribution in [3.8, 4) is 11.5 Å². The van der Waals surface area contributed by atoms with Gasteiger partial charge < -0.3 is 15.5 Å². The number of phenols is 2. The van der Waals surface area contributed by atoms with Gasteiger partial charge in [0.05, 0.1) is 0 Å². The van der Waals surface area contributed by atoms with E-state index in [0.29, 0.717) is 12.1 Å². The van der Waals surface area contributed by atoms with E-state index in [1.165, 1.54) is 6.07 Å².